The van der Waals surface area contributed by atoms with Crippen molar-refractivity contribution in [2.75, 3.05) is 31.6 Å². The Hall–Kier alpha value is -0.580. The summed E-state index contributed by atoms with van der Waals surface area (Å²) in [4.78, 5) is 2.45. The van der Waals surface area contributed by atoms with Gasteiger partial charge in [0.25, 0.3) is 0 Å². The molecule has 1 aromatic rings. The lowest BCUT2D eigenvalue weighted by molar-refractivity contribution is 0.202. The summed E-state index contributed by atoms with van der Waals surface area (Å²) in [5, 5.41) is 3.46. The van der Waals surface area contributed by atoms with E-state index in [4.69, 9.17) is 0 Å². The summed E-state index contributed by atoms with van der Waals surface area (Å²) in [6.07, 6.45) is 1.28. The Labute approximate surface area is 132 Å². The van der Waals surface area contributed by atoms with Gasteiger partial charge in [0.05, 0.1) is 0 Å². The van der Waals surface area contributed by atoms with E-state index in [1.807, 2.05) is 23.9 Å². The SMILES string of the molecule is CCNC(c1ccccc1F)C(C)CN(C)C1CCSC1. The van der Waals surface area contributed by atoms with Gasteiger partial charge in [0.2, 0.25) is 0 Å². The van der Waals surface area contributed by atoms with Crippen molar-refractivity contribution >= 4 is 11.8 Å². The fourth-order valence-electron chi connectivity index (χ4n) is 3.14. The summed E-state index contributed by atoms with van der Waals surface area (Å²) in [6.45, 7) is 6.15. The molecule has 1 saturated heterocycles. The van der Waals surface area contributed by atoms with E-state index in [9.17, 15) is 4.39 Å². The van der Waals surface area contributed by atoms with Crippen LogP contribution in [0.5, 0.6) is 0 Å². The zero-order valence-electron chi connectivity index (χ0n) is 13.3. The van der Waals surface area contributed by atoms with Crippen molar-refractivity contribution in [3.05, 3.63) is 35.6 Å². The Bertz CT molecular complexity index is 435. The molecule has 1 aromatic carbocycles. The number of halogens is 1. The normalized spacial score (nSPS) is 21.7. The maximum Gasteiger partial charge on any atom is 0.127 e. The zero-order valence-corrected chi connectivity index (χ0v) is 14.1. The van der Waals surface area contributed by atoms with Crippen LogP contribution in [0.3, 0.4) is 0 Å². The maximum atomic E-state index is 14.1. The summed E-state index contributed by atoms with van der Waals surface area (Å²) in [5.41, 5.74) is 0.793. The van der Waals surface area contributed by atoms with Crippen molar-refractivity contribution in [2.45, 2.75) is 32.4 Å². The van der Waals surface area contributed by atoms with E-state index in [0.717, 1.165) is 18.7 Å². The second-order valence-electron chi connectivity index (χ2n) is 5.99. The number of nitrogens with one attached hydrogen (secondary N) is 1. The summed E-state index contributed by atoms with van der Waals surface area (Å²) in [6, 6.07) is 7.91. The summed E-state index contributed by atoms with van der Waals surface area (Å²) in [7, 11) is 2.21. The average Bonchev–Trinajstić information content (AvgIpc) is 3.00. The highest BCUT2D eigenvalue weighted by Crippen LogP contribution is 2.27. The number of hydrogen-bond donors (Lipinski definition) is 1. The van der Waals surface area contributed by atoms with Gasteiger partial charge in [-0.3, -0.25) is 0 Å². The van der Waals surface area contributed by atoms with Gasteiger partial charge in [0.1, 0.15) is 5.82 Å². The first-order valence-corrected chi connectivity index (χ1v) is 9.04. The molecule has 4 heteroatoms. The molecule has 3 unspecified atom stereocenters. The lowest BCUT2D eigenvalue weighted by Gasteiger charge is -2.32. The van der Waals surface area contributed by atoms with Crippen molar-refractivity contribution in [1.29, 1.82) is 0 Å². The molecule has 0 aromatic heterocycles. The molecule has 0 amide bonds. The number of thioether (sulfide) groups is 1. The van der Waals surface area contributed by atoms with E-state index in [1.54, 1.807) is 12.1 Å². The molecule has 2 nitrogen and oxygen atoms in total. The van der Waals surface area contributed by atoms with E-state index in [-0.39, 0.29) is 11.9 Å². The van der Waals surface area contributed by atoms with Crippen LogP contribution in [0, 0.1) is 11.7 Å². The van der Waals surface area contributed by atoms with Crippen molar-refractivity contribution in [2.24, 2.45) is 5.92 Å². The average molecular weight is 310 g/mol. The van der Waals surface area contributed by atoms with E-state index in [1.165, 1.54) is 17.9 Å². The van der Waals surface area contributed by atoms with Crippen LogP contribution in [0.25, 0.3) is 0 Å². The topological polar surface area (TPSA) is 15.3 Å². The molecular formula is C17H27FN2S. The van der Waals surface area contributed by atoms with E-state index in [0.29, 0.717) is 12.0 Å². The lowest BCUT2D eigenvalue weighted by Crippen LogP contribution is -2.39. The Balaban J connectivity index is 2.04. The van der Waals surface area contributed by atoms with Gasteiger partial charge in [-0.25, -0.2) is 4.39 Å². The van der Waals surface area contributed by atoms with Crippen LogP contribution >= 0.6 is 11.8 Å². The molecule has 1 fully saturated rings. The highest BCUT2D eigenvalue weighted by Gasteiger charge is 2.26. The molecule has 0 bridgehead atoms. The highest BCUT2D eigenvalue weighted by atomic mass is 32.2. The van der Waals surface area contributed by atoms with Gasteiger partial charge in [-0.1, -0.05) is 32.0 Å². The Morgan fingerprint density at radius 1 is 1.43 bits per heavy atom. The van der Waals surface area contributed by atoms with E-state index < -0.39 is 0 Å². The summed E-state index contributed by atoms with van der Waals surface area (Å²) < 4.78 is 14.1. The summed E-state index contributed by atoms with van der Waals surface area (Å²) in [5.74, 6) is 2.77. The second kappa shape index (κ2) is 8.16. The monoisotopic (exact) mass is 310 g/mol. The van der Waals surface area contributed by atoms with Crippen molar-refractivity contribution in [3.8, 4) is 0 Å². The smallest absolute Gasteiger partial charge is 0.127 e. The molecule has 1 heterocycles. The van der Waals surface area contributed by atoms with Crippen molar-refractivity contribution < 1.29 is 4.39 Å². The van der Waals surface area contributed by atoms with E-state index in [2.05, 4.69) is 31.1 Å². The zero-order chi connectivity index (χ0) is 15.2. The van der Waals surface area contributed by atoms with Gasteiger partial charge < -0.3 is 10.2 Å². The molecular weight excluding hydrogens is 283 g/mol. The Morgan fingerprint density at radius 3 is 2.81 bits per heavy atom. The van der Waals surface area contributed by atoms with Crippen LogP contribution in [-0.4, -0.2) is 42.6 Å². The largest absolute Gasteiger partial charge is 0.310 e. The number of benzene rings is 1. The van der Waals surface area contributed by atoms with Gasteiger partial charge >= 0.3 is 0 Å². The summed E-state index contributed by atoms with van der Waals surface area (Å²) >= 11 is 2.04. The first kappa shape index (κ1) is 16.8. The lowest BCUT2D eigenvalue weighted by atomic mass is 9.93. The fraction of sp³-hybridized carbons (Fsp3) is 0.647. The quantitative estimate of drug-likeness (QED) is 0.829. The van der Waals surface area contributed by atoms with Gasteiger partial charge in [0, 0.05) is 29.9 Å². The fourth-order valence-corrected chi connectivity index (χ4v) is 4.44. The highest BCUT2D eigenvalue weighted by molar-refractivity contribution is 7.99. The van der Waals surface area contributed by atoms with Crippen LogP contribution in [0.15, 0.2) is 24.3 Å². The van der Waals surface area contributed by atoms with E-state index >= 15 is 0 Å². The number of nitrogens with zero attached hydrogens (tertiary/aromatic N) is 1. The first-order valence-electron chi connectivity index (χ1n) is 7.89. The molecule has 0 radical (unpaired) electrons. The van der Waals surface area contributed by atoms with Crippen molar-refractivity contribution in [3.63, 3.8) is 0 Å². The molecule has 2 rings (SSSR count). The second-order valence-corrected chi connectivity index (χ2v) is 7.14. The molecule has 1 N–H and O–H groups in total. The van der Waals surface area contributed by atoms with Crippen LogP contribution in [0.4, 0.5) is 4.39 Å². The molecule has 1 aliphatic heterocycles. The Kier molecular flexibility index (Phi) is 6.52. The van der Waals surface area contributed by atoms with Crippen LogP contribution in [-0.2, 0) is 0 Å². The predicted octanol–water partition coefficient (Wildman–Crippen LogP) is 3.55. The maximum absolute atomic E-state index is 14.1. The molecule has 0 saturated carbocycles. The molecule has 0 spiro atoms. The van der Waals surface area contributed by atoms with Gasteiger partial charge in [0.15, 0.2) is 0 Å². The Morgan fingerprint density at radius 2 is 2.19 bits per heavy atom. The number of hydrogen-bond acceptors (Lipinski definition) is 3. The molecule has 1 aliphatic rings. The van der Waals surface area contributed by atoms with Crippen molar-refractivity contribution in [1.82, 2.24) is 10.2 Å². The molecule has 21 heavy (non-hydrogen) atoms. The predicted molar refractivity (Wildman–Crippen MR) is 90.3 cm³/mol. The standard InChI is InChI=1S/C17H27FN2S/c1-4-19-17(15-7-5-6-8-16(15)18)13(2)11-20(3)14-9-10-21-12-14/h5-8,13-14,17,19H,4,9-12H2,1-3H3. The number of rotatable bonds is 7. The molecule has 0 aliphatic carbocycles. The minimum absolute atomic E-state index is 0.0766. The van der Waals surface area contributed by atoms with Crippen LogP contribution < -0.4 is 5.32 Å². The minimum atomic E-state index is -0.102. The van der Waals surface area contributed by atoms with Gasteiger partial charge in [-0.05, 0) is 37.8 Å². The van der Waals surface area contributed by atoms with Crippen LogP contribution in [0.1, 0.15) is 31.9 Å². The molecule has 118 valence electrons. The minimum Gasteiger partial charge on any atom is -0.310 e. The third-order valence-electron chi connectivity index (χ3n) is 4.34. The molecule has 3 atom stereocenters. The third-order valence-corrected chi connectivity index (χ3v) is 5.48. The third kappa shape index (κ3) is 4.44. The first-order chi connectivity index (χ1) is 10.1. The van der Waals surface area contributed by atoms with Gasteiger partial charge in [-0.2, -0.15) is 11.8 Å². The van der Waals surface area contributed by atoms with Gasteiger partial charge in [-0.15, -0.1) is 0 Å². The van der Waals surface area contributed by atoms with Crippen LogP contribution in [0.2, 0.25) is 0 Å².